The Balaban J connectivity index is 1.54. The van der Waals surface area contributed by atoms with Gasteiger partial charge in [-0.1, -0.05) is 31.2 Å². The molecule has 2 heterocycles. The van der Waals surface area contributed by atoms with Crippen molar-refractivity contribution in [3.05, 3.63) is 35.4 Å². The number of likely N-dealkylation sites (tertiary alicyclic amines) is 2. The van der Waals surface area contributed by atoms with Crippen LogP contribution >= 0.6 is 0 Å². The maximum atomic E-state index is 12.4. The van der Waals surface area contributed by atoms with E-state index in [2.05, 4.69) is 35.3 Å². The van der Waals surface area contributed by atoms with Crippen LogP contribution in [-0.4, -0.2) is 53.2 Å². The fraction of sp³-hybridized carbons (Fsp3) is 0.650. The minimum absolute atomic E-state index is 0.0578. The molecule has 1 aromatic carbocycles. The summed E-state index contributed by atoms with van der Waals surface area (Å²) in [4.78, 5) is 16.8. The lowest BCUT2D eigenvalue weighted by Crippen LogP contribution is -2.44. The Morgan fingerprint density at radius 1 is 1.16 bits per heavy atom. The molecule has 2 saturated heterocycles. The molecule has 2 aliphatic rings. The van der Waals surface area contributed by atoms with Gasteiger partial charge in [0.1, 0.15) is 0 Å². The summed E-state index contributed by atoms with van der Waals surface area (Å²) in [6.45, 7) is 7.29. The van der Waals surface area contributed by atoms with E-state index in [1.54, 1.807) is 0 Å². The Kier molecular flexibility index (Phi) is 6.32. The van der Waals surface area contributed by atoms with Gasteiger partial charge in [-0.25, -0.2) is 4.79 Å². The van der Waals surface area contributed by atoms with Crippen molar-refractivity contribution in [3.8, 4) is 0 Å². The molecule has 25 heavy (non-hydrogen) atoms. The van der Waals surface area contributed by atoms with Gasteiger partial charge in [0.05, 0.1) is 6.10 Å². The quantitative estimate of drug-likeness (QED) is 0.882. The van der Waals surface area contributed by atoms with Crippen LogP contribution in [0.4, 0.5) is 4.79 Å². The first kappa shape index (κ1) is 18.2. The van der Waals surface area contributed by atoms with E-state index in [0.717, 1.165) is 52.0 Å². The summed E-state index contributed by atoms with van der Waals surface area (Å²) in [7, 11) is 0. The molecule has 1 unspecified atom stereocenters. The Labute approximate surface area is 151 Å². The Hall–Kier alpha value is -1.59. The molecule has 0 saturated carbocycles. The zero-order valence-corrected chi connectivity index (χ0v) is 15.3. The van der Waals surface area contributed by atoms with Gasteiger partial charge < -0.3 is 15.3 Å². The van der Waals surface area contributed by atoms with Crippen molar-refractivity contribution in [2.75, 3.05) is 26.2 Å². The van der Waals surface area contributed by atoms with E-state index in [1.165, 1.54) is 17.5 Å². The highest BCUT2D eigenvalue weighted by Crippen LogP contribution is 2.18. The first-order valence-corrected chi connectivity index (χ1v) is 9.62. The molecule has 2 N–H and O–H groups in total. The second-order valence-electron chi connectivity index (χ2n) is 7.63. The average molecular weight is 345 g/mol. The number of nitrogens with zero attached hydrogens (tertiary/aromatic N) is 2. The van der Waals surface area contributed by atoms with Crippen molar-refractivity contribution in [2.24, 2.45) is 5.92 Å². The van der Waals surface area contributed by atoms with Gasteiger partial charge in [0.2, 0.25) is 0 Å². The Bertz CT molecular complexity index is 570. The van der Waals surface area contributed by atoms with Crippen LogP contribution < -0.4 is 5.32 Å². The third-order valence-electron chi connectivity index (χ3n) is 5.44. The summed E-state index contributed by atoms with van der Waals surface area (Å²) in [6, 6.07) is 8.41. The maximum Gasteiger partial charge on any atom is 0.317 e. The van der Waals surface area contributed by atoms with Crippen LogP contribution in [0.15, 0.2) is 24.3 Å². The molecular formula is C20H31N3O2. The molecule has 0 aliphatic carbocycles. The number of aliphatic hydroxyl groups is 1. The highest BCUT2D eigenvalue weighted by Gasteiger charge is 2.21. The minimum Gasteiger partial charge on any atom is -0.393 e. The molecule has 2 fully saturated rings. The lowest BCUT2D eigenvalue weighted by molar-refractivity contribution is 0.0791. The molecule has 0 spiro atoms. The van der Waals surface area contributed by atoms with E-state index in [1.807, 2.05) is 11.0 Å². The van der Waals surface area contributed by atoms with Gasteiger partial charge in [-0.15, -0.1) is 0 Å². The number of carbonyl (C=O) groups excluding carboxylic acids is 1. The number of benzene rings is 1. The minimum atomic E-state index is -0.141. The van der Waals surface area contributed by atoms with Gasteiger partial charge in [-0.2, -0.15) is 0 Å². The largest absolute Gasteiger partial charge is 0.393 e. The summed E-state index contributed by atoms with van der Waals surface area (Å²) in [6.07, 6.45) is 3.89. The van der Waals surface area contributed by atoms with E-state index in [0.29, 0.717) is 12.5 Å². The van der Waals surface area contributed by atoms with Crippen molar-refractivity contribution in [3.63, 3.8) is 0 Å². The van der Waals surface area contributed by atoms with Gasteiger partial charge in [0, 0.05) is 39.3 Å². The van der Waals surface area contributed by atoms with Crippen LogP contribution in [0.3, 0.4) is 0 Å². The van der Waals surface area contributed by atoms with Crippen LogP contribution in [0.1, 0.15) is 43.7 Å². The third kappa shape index (κ3) is 5.19. The second-order valence-corrected chi connectivity index (χ2v) is 7.63. The van der Waals surface area contributed by atoms with Crippen molar-refractivity contribution < 1.29 is 9.90 Å². The first-order chi connectivity index (χ1) is 12.1. The van der Waals surface area contributed by atoms with Crippen LogP contribution in [-0.2, 0) is 13.1 Å². The molecule has 1 aromatic rings. The van der Waals surface area contributed by atoms with Crippen molar-refractivity contribution in [2.45, 2.75) is 51.8 Å². The fourth-order valence-corrected chi connectivity index (χ4v) is 3.86. The molecule has 3 rings (SSSR count). The summed E-state index contributed by atoms with van der Waals surface area (Å²) in [5.74, 6) is 0.598. The van der Waals surface area contributed by atoms with E-state index in [9.17, 15) is 9.90 Å². The molecule has 5 heteroatoms. The molecule has 1 atom stereocenters. The Morgan fingerprint density at radius 2 is 1.88 bits per heavy atom. The normalized spacial score (nSPS) is 22.8. The number of hydrogen-bond acceptors (Lipinski definition) is 3. The number of urea groups is 1. The van der Waals surface area contributed by atoms with E-state index in [-0.39, 0.29) is 12.1 Å². The summed E-state index contributed by atoms with van der Waals surface area (Å²) in [5.41, 5.74) is 2.46. The predicted molar refractivity (Wildman–Crippen MR) is 99.2 cm³/mol. The van der Waals surface area contributed by atoms with Gasteiger partial charge >= 0.3 is 6.03 Å². The van der Waals surface area contributed by atoms with Crippen molar-refractivity contribution >= 4 is 6.03 Å². The van der Waals surface area contributed by atoms with Crippen molar-refractivity contribution in [1.29, 1.82) is 0 Å². The Morgan fingerprint density at radius 3 is 2.60 bits per heavy atom. The van der Waals surface area contributed by atoms with E-state index >= 15 is 0 Å². The monoisotopic (exact) mass is 345 g/mol. The highest BCUT2D eigenvalue weighted by molar-refractivity contribution is 5.74. The molecule has 2 amide bonds. The molecule has 0 aromatic heterocycles. The van der Waals surface area contributed by atoms with E-state index in [4.69, 9.17) is 0 Å². The van der Waals surface area contributed by atoms with Crippen LogP contribution in [0, 0.1) is 5.92 Å². The number of rotatable bonds is 4. The molecule has 2 aliphatic heterocycles. The second kappa shape index (κ2) is 8.68. The summed E-state index contributed by atoms with van der Waals surface area (Å²) < 4.78 is 0. The van der Waals surface area contributed by atoms with Crippen LogP contribution in [0.2, 0.25) is 0 Å². The van der Waals surface area contributed by atoms with Gasteiger partial charge in [0.15, 0.2) is 0 Å². The summed E-state index contributed by atoms with van der Waals surface area (Å²) in [5, 5.41) is 12.8. The number of hydrogen-bond donors (Lipinski definition) is 2. The number of carbonyl (C=O) groups is 1. The van der Waals surface area contributed by atoms with Gasteiger partial charge in [0.25, 0.3) is 0 Å². The molecule has 0 bridgehead atoms. The number of aliphatic hydroxyl groups excluding tert-OH is 1. The number of nitrogens with one attached hydrogen (secondary N) is 1. The molecule has 0 radical (unpaired) electrons. The van der Waals surface area contributed by atoms with Crippen LogP contribution in [0.25, 0.3) is 0 Å². The highest BCUT2D eigenvalue weighted by atomic mass is 16.3. The molecule has 5 nitrogen and oxygen atoms in total. The summed E-state index contributed by atoms with van der Waals surface area (Å²) >= 11 is 0. The first-order valence-electron chi connectivity index (χ1n) is 9.62. The number of amides is 2. The fourth-order valence-electron chi connectivity index (χ4n) is 3.86. The van der Waals surface area contributed by atoms with Crippen molar-refractivity contribution in [1.82, 2.24) is 15.1 Å². The standard InChI is InChI=1S/C20H31N3O2/c1-16-5-4-10-23(14-16)20(25)21-13-17-6-2-3-7-18(17)15-22-11-8-19(24)9-12-22/h2-3,6-7,16,19,24H,4-5,8-15H2,1H3,(H,21,25). The zero-order valence-electron chi connectivity index (χ0n) is 15.3. The lowest BCUT2D eigenvalue weighted by Gasteiger charge is -2.31. The number of piperidine rings is 2. The topological polar surface area (TPSA) is 55.8 Å². The van der Waals surface area contributed by atoms with E-state index < -0.39 is 0 Å². The average Bonchev–Trinajstić information content (AvgIpc) is 2.62. The van der Waals surface area contributed by atoms with Gasteiger partial charge in [-0.05, 0) is 42.7 Å². The smallest absolute Gasteiger partial charge is 0.317 e. The lowest BCUT2D eigenvalue weighted by atomic mass is 10.0. The molecular weight excluding hydrogens is 314 g/mol. The zero-order chi connectivity index (χ0) is 17.6. The maximum absolute atomic E-state index is 12.4. The van der Waals surface area contributed by atoms with Gasteiger partial charge in [-0.3, -0.25) is 4.90 Å². The third-order valence-corrected chi connectivity index (χ3v) is 5.44. The van der Waals surface area contributed by atoms with Crippen LogP contribution in [0.5, 0.6) is 0 Å². The SMILES string of the molecule is CC1CCCN(C(=O)NCc2ccccc2CN2CCC(O)CC2)C1. The molecule has 138 valence electrons. The predicted octanol–water partition coefficient (Wildman–Crippen LogP) is 2.58.